The van der Waals surface area contributed by atoms with Crippen LogP contribution in [0.15, 0.2) is 54.6 Å². The Morgan fingerprint density at radius 3 is 2.29 bits per heavy atom. The maximum atomic E-state index is 13.0. The Hall–Kier alpha value is -3.68. The van der Waals surface area contributed by atoms with Crippen LogP contribution in [-0.4, -0.2) is 35.2 Å². The van der Waals surface area contributed by atoms with E-state index in [1.54, 1.807) is 31.2 Å². The van der Waals surface area contributed by atoms with Crippen LogP contribution in [0.1, 0.15) is 29.3 Å². The minimum absolute atomic E-state index is 0.308. The molecule has 1 fully saturated rings. The summed E-state index contributed by atoms with van der Waals surface area (Å²) < 4.78 is 0. The first-order chi connectivity index (χ1) is 13.4. The van der Waals surface area contributed by atoms with Gasteiger partial charge in [-0.2, -0.15) is 0 Å². The lowest BCUT2D eigenvalue weighted by Gasteiger charge is -2.25. The first-order valence-corrected chi connectivity index (χ1v) is 8.76. The molecule has 0 radical (unpaired) electrons. The fourth-order valence-electron chi connectivity index (χ4n) is 3.19. The van der Waals surface area contributed by atoms with Gasteiger partial charge in [0.1, 0.15) is 12.1 Å². The van der Waals surface area contributed by atoms with Crippen LogP contribution in [0, 0.1) is 0 Å². The molecule has 28 heavy (non-hydrogen) atoms. The number of nitrogens with one attached hydrogen (secondary N) is 2. The second-order valence-electron chi connectivity index (χ2n) is 6.44. The van der Waals surface area contributed by atoms with E-state index in [0.29, 0.717) is 23.2 Å². The minimum Gasteiger partial charge on any atom is -0.366 e. The molecule has 1 heterocycles. The molecular formula is C20H20N4O4. The number of nitrogens with zero attached hydrogens (tertiary/aromatic N) is 1. The van der Waals surface area contributed by atoms with Gasteiger partial charge in [-0.15, -0.1) is 0 Å². The summed E-state index contributed by atoms with van der Waals surface area (Å²) in [5.41, 5.74) is 5.40. The highest BCUT2D eigenvalue weighted by molar-refractivity contribution is 6.10. The van der Waals surface area contributed by atoms with Crippen LogP contribution in [0.4, 0.5) is 10.5 Å². The van der Waals surface area contributed by atoms with Gasteiger partial charge in [0.05, 0.1) is 0 Å². The van der Waals surface area contributed by atoms with Gasteiger partial charge >= 0.3 is 6.03 Å². The average Bonchev–Trinajstić information content (AvgIpc) is 2.94. The Kier molecular flexibility index (Phi) is 5.12. The number of anilines is 1. The summed E-state index contributed by atoms with van der Waals surface area (Å²) in [6.45, 7) is 1.38. The van der Waals surface area contributed by atoms with Crippen molar-refractivity contribution in [1.82, 2.24) is 10.2 Å². The summed E-state index contributed by atoms with van der Waals surface area (Å²) in [5.74, 6) is -1.57. The van der Waals surface area contributed by atoms with E-state index in [-0.39, 0.29) is 0 Å². The second kappa shape index (κ2) is 7.51. The van der Waals surface area contributed by atoms with Gasteiger partial charge in [0.2, 0.25) is 11.8 Å². The molecule has 2 aromatic rings. The van der Waals surface area contributed by atoms with Crippen molar-refractivity contribution in [3.05, 3.63) is 65.7 Å². The third kappa shape index (κ3) is 3.44. The van der Waals surface area contributed by atoms with Crippen LogP contribution in [0.25, 0.3) is 0 Å². The van der Waals surface area contributed by atoms with E-state index in [1.807, 2.05) is 6.07 Å². The molecule has 0 unspecified atom stereocenters. The van der Waals surface area contributed by atoms with Gasteiger partial charge in [-0.3, -0.25) is 19.3 Å². The molecular weight excluding hydrogens is 360 g/mol. The van der Waals surface area contributed by atoms with Crippen LogP contribution in [0.5, 0.6) is 0 Å². The molecule has 1 aliphatic heterocycles. The van der Waals surface area contributed by atoms with Gasteiger partial charge in [0, 0.05) is 11.3 Å². The molecule has 0 saturated carbocycles. The average molecular weight is 380 g/mol. The van der Waals surface area contributed by atoms with E-state index in [0.717, 1.165) is 4.90 Å². The van der Waals surface area contributed by atoms with E-state index < -0.39 is 35.8 Å². The van der Waals surface area contributed by atoms with Crippen molar-refractivity contribution in [2.75, 3.05) is 11.9 Å². The van der Waals surface area contributed by atoms with Crippen molar-refractivity contribution in [3.63, 3.8) is 0 Å². The molecule has 3 rings (SSSR count). The smallest absolute Gasteiger partial charge is 0.325 e. The summed E-state index contributed by atoms with van der Waals surface area (Å²) in [5, 5.41) is 5.32. The molecule has 0 bridgehead atoms. The zero-order valence-electron chi connectivity index (χ0n) is 15.3. The zero-order chi connectivity index (χ0) is 20.3. The molecule has 1 atom stereocenters. The SMILES string of the molecule is CC[C@@]1(c2ccccc2)NC(=O)N(CC(=O)Nc2ccc(C(N)=O)cc2)C1=O. The highest BCUT2D eigenvalue weighted by Gasteiger charge is 2.51. The van der Waals surface area contributed by atoms with Crippen molar-refractivity contribution in [2.45, 2.75) is 18.9 Å². The highest BCUT2D eigenvalue weighted by atomic mass is 16.2. The van der Waals surface area contributed by atoms with Crippen molar-refractivity contribution >= 4 is 29.4 Å². The predicted octanol–water partition coefficient (Wildman–Crippen LogP) is 1.58. The number of rotatable bonds is 6. The number of nitrogens with two attached hydrogens (primary N) is 1. The van der Waals surface area contributed by atoms with Gasteiger partial charge in [-0.05, 0) is 36.2 Å². The van der Waals surface area contributed by atoms with Crippen molar-refractivity contribution in [3.8, 4) is 0 Å². The summed E-state index contributed by atoms with van der Waals surface area (Å²) in [7, 11) is 0. The van der Waals surface area contributed by atoms with Crippen molar-refractivity contribution < 1.29 is 19.2 Å². The van der Waals surface area contributed by atoms with Gasteiger partial charge in [0.15, 0.2) is 0 Å². The third-order valence-electron chi connectivity index (χ3n) is 4.73. The van der Waals surface area contributed by atoms with Crippen LogP contribution >= 0.6 is 0 Å². The molecule has 0 spiro atoms. The number of primary amides is 1. The standard InChI is InChI=1S/C20H20N4O4/c1-2-20(14-6-4-3-5-7-14)18(27)24(19(28)23-20)12-16(25)22-15-10-8-13(9-11-15)17(21)26/h3-11H,2,12H2,1H3,(H2,21,26)(H,22,25)(H,23,28)/t20-/m0/s1. The number of urea groups is 1. The Balaban J connectivity index is 1.73. The molecule has 8 nitrogen and oxygen atoms in total. The topological polar surface area (TPSA) is 122 Å². The summed E-state index contributed by atoms with van der Waals surface area (Å²) in [4.78, 5) is 49.7. The maximum absolute atomic E-state index is 13.0. The van der Waals surface area contributed by atoms with Gasteiger partial charge in [-0.25, -0.2) is 4.79 Å². The minimum atomic E-state index is -1.18. The van der Waals surface area contributed by atoms with Crippen LogP contribution in [0.2, 0.25) is 0 Å². The number of carbonyl (C=O) groups is 4. The van der Waals surface area contributed by atoms with E-state index in [9.17, 15) is 19.2 Å². The lowest BCUT2D eigenvalue weighted by atomic mass is 9.87. The normalized spacial score (nSPS) is 18.7. The van der Waals surface area contributed by atoms with Crippen molar-refractivity contribution in [1.29, 1.82) is 0 Å². The molecule has 1 aliphatic rings. The second-order valence-corrected chi connectivity index (χ2v) is 6.44. The quantitative estimate of drug-likeness (QED) is 0.659. The molecule has 5 amide bonds. The van der Waals surface area contributed by atoms with Crippen LogP contribution in [-0.2, 0) is 15.1 Å². The van der Waals surface area contributed by atoms with Crippen LogP contribution < -0.4 is 16.4 Å². The molecule has 8 heteroatoms. The Morgan fingerprint density at radius 1 is 1.07 bits per heavy atom. The Bertz CT molecular complexity index is 927. The first-order valence-electron chi connectivity index (χ1n) is 8.76. The highest BCUT2D eigenvalue weighted by Crippen LogP contribution is 2.32. The van der Waals surface area contributed by atoms with Gasteiger partial charge in [0.25, 0.3) is 5.91 Å². The molecule has 2 aromatic carbocycles. The zero-order valence-corrected chi connectivity index (χ0v) is 15.3. The summed E-state index contributed by atoms with van der Waals surface area (Å²) in [6, 6.07) is 14.3. The summed E-state index contributed by atoms with van der Waals surface area (Å²) >= 11 is 0. The Labute approximate surface area is 161 Å². The summed E-state index contributed by atoms with van der Waals surface area (Å²) in [6.07, 6.45) is 0.355. The molecule has 0 aromatic heterocycles. The maximum Gasteiger partial charge on any atom is 0.325 e. The monoisotopic (exact) mass is 380 g/mol. The fourth-order valence-corrected chi connectivity index (χ4v) is 3.19. The third-order valence-corrected chi connectivity index (χ3v) is 4.73. The number of hydrogen-bond donors (Lipinski definition) is 3. The van der Waals surface area contributed by atoms with E-state index >= 15 is 0 Å². The van der Waals surface area contributed by atoms with Gasteiger partial charge in [-0.1, -0.05) is 37.3 Å². The molecule has 0 aliphatic carbocycles. The largest absolute Gasteiger partial charge is 0.366 e. The number of hydrogen-bond acceptors (Lipinski definition) is 4. The number of carbonyl (C=O) groups excluding carboxylic acids is 4. The predicted molar refractivity (Wildman–Crippen MR) is 102 cm³/mol. The molecule has 1 saturated heterocycles. The number of benzene rings is 2. The lowest BCUT2D eigenvalue weighted by Crippen LogP contribution is -2.44. The lowest BCUT2D eigenvalue weighted by molar-refractivity contribution is -0.134. The Morgan fingerprint density at radius 2 is 1.71 bits per heavy atom. The number of amides is 5. The first kappa shape index (κ1) is 19.1. The number of imide groups is 1. The van der Waals surface area contributed by atoms with Crippen LogP contribution in [0.3, 0.4) is 0 Å². The van der Waals surface area contributed by atoms with E-state index in [4.69, 9.17) is 5.73 Å². The molecule has 4 N–H and O–H groups in total. The van der Waals surface area contributed by atoms with Crippen molar-refractivity contribution in [2.24, 2.45) is 5.73 Å². The van der Waals surface area contributed by atoms with E-state index in [2.05, 4.69) is 10.6 Å². The fraction of sp³-hybridized carbons (Fsp3) is 0.200. The van der Waals surface area contributed by atoms with Gasteiger partial charge < -0.3 is 16.4 Å². The van der Waals surface area contributed by atoms with E-state index in [1.165, 1.54) is 24.3 Å². The molecule has 144 valence electrons.